The third-order valence-electron chi connectivity index (χ3n) is 5.28. The van der Waals surface area contributed by atoms with Crippen molar-refractivity contribution in [2.75, 3.05) is 18.4 Å². The molecule has 0 unspecified atom stereocenters. The van der Waals surface area contributed by atoms with Crippen LogP contribution in [0.4, 0.5) is 9.80 Å². The normalized spacial score (nSPS) is 10.6. The summed E-state index contributed by atoms with van der Waals surface area (Å²) in [5.74, 6) is -1.14. The molecule has 2 aromatic rings. The van der Waals surface area contributed by atoms with E-state index in [0.717, 1.165) is 30.6 Å². The average molecular weight is 490 g/mol. The number of thiophene rings is 1. The third kappa shape index (κ3) is 7.76. The Morgan fingerprint density at radius 2 is 1.68 bits per heavy atom. The minimum atomic E-state index is -1.19. The summed E-state index contributed by atoms with van der Waals surface area (Å²) >= 11 is 0.959. The van der Waals surface area contributed by atoms with Crippen molar-refractivity contribution in [2.24, 2.45) is 0 Å². The number of carboxylic acid groups (broad SMARTS) is 1. The summed E-state index contributed by atoms with van der Waals surface area (Å²) in [5.41, 5.74) is 0.324. The SMILES string of the molecule is CCCCCCCCNC(=O)Nc1sc(C(=O)N(CC)Oc2ccccc2)c(CC)c1C(=O)O. The van der Waals surface area contributed by atoms with Gasteiger partial charge in [-0.1, -0.05) is 64.2 Å². The van der Waals surface area contributed by atoms with Gasteiger partial charge in [-0.25, -0.2) is 9.59 Å². The number of para-hydroxylation sites is 1. The quantitative estimate of drug-likeness (QED) is 0.225. The summed E-state index contributed by atoms with van der Waals surface area (Å²) in [6.45, 7) is 6.49. The number of nitrogens with zero attached hydrogens (tertiary/aromatic N) is 1. The number of urea groups is 1. The molecule has 34 heavy (non-hydrogen) atoms. The number of hydrogen-bond acceptors (Lipinski definition) is 5. The molecular weight excluding hydrogens is 454 g/mol. The van der Waals surface area contributed by atoms with Gasteiger partial charge < -0.3 is 15.3 Å². The lowest BCUT2D eigenvalue weighted by atomic mass is 10.1. The van der Waals surface area contributed by atoms with Crippen LogP contribution in [0.25, 0.3) is 0 Å². The van der Waals surface area contributed by atoms with Crippen molar-refractivity contribution in [2.45, 2.75) is 65.7 Å². The Balaban J connectivity index is 2.12. The van der Waals surface area contributed by atoms with Crippen molar-refractivity contribution in [3.8, 4) is 5.75 Å². The highest BCUT2D eigenvalue weighted by molar-refractivity contribution is 7.18. The first-order valence-corrected chi connectivity index (χ1v) is 12.7. The van der Waals surface area contributed by atoms with Crippen LogP contribution in [0.15, 0.2) is 30.3 Å². The Labute approximate surface area is 205 Å². The van der Waals surface area contributed by atoms with Gasteiger partial charge in [0.25, 0.3) is 5.91 Å². The zero-order valence-electron chi connectivity index (χ0n) is 20.2. The molecule has 0 saturated carbocycles. The topological polar surface area (TPSA) is 108 Å². The summed E-state index contributed by atoms with van der Waals surface area (Å²) in [6, 6.07) is 8.42. The second kappa shape index (κ2) is 14.2. The molecule has 2 rings (SSSR count). The van der Waals surface area contributed by atoms with Crippen LogP contribution >= 0.6 is 11.3 Å². The van der Waals surface area contributed by atoms with Crippen LogP contribution in [0.1, 0.15) is 84.9 Å². The Bertz CT molecular complexity index is 946. The molecule has 0 aliphatic carbocycles. The highest BCUT2D eigenvalue weighted by Gasteiger charge is 2.29. The van der Waals surface area contributed by atoms with E-state index in [1.165, 1.54) is 24.3 Å². The van der Waals surface area contributed by atoms with Gasteiger partial charge in [-0.2, -0.15) is 5.06 Å². The number of rotatable bonds is 14. The summed E-state index contributed by atoms with van der Waals surface area (Å²) in [5, 5.41) is 16.6. The Kier molecular flexibility index (Phi) is 11.4. The van der Waals surface area contributed by atoms with Gasteiger partial charge in [0.1, 0.15) is 9.88 Å². The Morgan fingerprint density at radius 3 is 2.29 bits per heavy atom. The van der Waals surface area contributed by atoms with E-state index in [4.69, 9.17) is 4.84 Å². The molecule has 0 aliphatic heterocycles. The van der Waals surface area contributed by atoms with E-state index in [2.05, 4.69) is 17.6 Å². The van der Waals surface area contributed by atoms with Crippen LogP contribution in [0, 0.1) is 0 Å². The van der Waals surface area contributed by atoms with Gasteiger partial charge in [0.15, 0.2) is 5.75 Å². The molecule has 1 aromatic carbocycles. The van der Waals surface area contributed by atoms with Crippen molar-refractivity contribution in [1.82, 2.24) is 10.4 Å². The minimum Gasteiger partial charge on any atom is -0.478 e. The van der Waals surface area contributed by atoms with Crippen molar-refractivity contribution >= 4 is 34.2 Å². The monoisotopic (exact) mass is 489 g/mol. The first kappa shape index (κ1) is 27.2. The zero-order valence-corrected chi connectivity index (χ0v) is 21.0. The highest BCUT2D eigenvalue weighted by atomic mass is 32.1. The van der Waals surface area contributed by atoms with E-state index in [1.54, 1.807) is 38.1 Å². The van der Waals surface area contributed by atoms with Crippen LogP contribution in [0.5, 0.6) is 5.75 Å². The van der Waals surface area contributed by atoms with Crippen molar-refractivity contribution in [3.63, 3.8) is 0 Å². The van der Waals surface area contributed by atoms with Gasteiger partial charge in [-0.15, -0.1) is 11.3 Å². The number of hydroxylamine groups is 2. The molecule has 1 heterocycles. The number of carboxylic acids is 1. The molecule has 0 bridgehead atoms. The van der Waals surface area contributed by atoms with Crippen molar-refractivity contribution in [3.05, 3.63) is 46.3 Å². The number of amides is 3. The van der Waals surface area contributed by atoms with Crippen LogP contribution < -0.4 is 15.5 Å². The molecule has 0 fully saturated rings. The number of hydrogen-bond donors (Lipinski definition) is 3. The average Bonchev–Trinajstić information content (AvgIpc) is 3.20. The lowest BCUT2D eigenvalue weighted by Gasteiger charge is -2.20. The molecule has 0 aliphatic rings. The minimum absolute atomic E-state index is 0.0543. The van der Waals surface area contributed by atoms with Crippen LogP contribution in [-0.4, -0.2) is 41.2 Å². The molecular formula is C25H35N3O5S. The number of nitrogens with one attached hydrogen (secondary N) is 2. The van der Waals surface area contributed by atoms with Gasteiger partial charge in [-0.05, 0) is 37.5 Å². The summed E-state index contributed by atoms with van der Waals surface area (Å²) < 4.78 is 0. The fraction of sp³-hybridized carbons (Fsp3) is 0.480. The Morgan fingerprint density at radius 1 is 1.00 bits per heavy atom. The van der Waals surface area contributed by atoms with E-state index in [1.807, 2.05) is 6.07 Å². The lowest BCUT2D eigenvalue weighted by Crippen LogP contribution is -2.34. The van der Waals surface area contributed by atoms with Crippen LogP contribution in [0.2, 0.25) is 0 Å². The standard InChI is InChI=1S/C25H35N3O5S/c1-4-7-8-9-10-14-17-26-25(32)27-22-20(24(30)31)19(5-2)21(34-22)23(29)28(6-3)33-18-15-12-11-13-16-18/h11-13,15-16H,4-10,14,17H2,1-3H3,(H,30,31)(H2,26,27,32). The summed E-state index contributed by atoms with van der Waals surface area (Å²) in [4.78, 5) is 43.6. The fourth-order valence-corrected chi connectivity index (χ4v) is 4.73. The summed E-state index contributed by atoms with van der Waals surface area (Å²) in [6.07, 6.45) is 6.95. The molecule has 3 N–H and O–H groups in total. The smallest absolute Gasteiger partial charge is 0.339 e. The van der Waals surface area contributed by atoms with Gasteiger partial charge in [-0.3, -0.25) is 10.1 Å². The van der Waals surface area contributed by atoms with Crippen molar-refractivity contribution < 1.29 is 24.3 Å². The number of carbonyl (C=O) groups excluding carboxylic acids is 2. The van der Waals surface area contributed by atoms with Crippen LogP contribution in [-0.2, 0) is 6.42 Å². The van der Waals surface area contributed by atoms with Crippen LogP contribution in [0.3, 0.4) is 0 Å². The van der Waals surface area contributed by atoms with E-state index in [0.29, 0.717) is 24.3 Å². The molecule has 9 heteroatoms. The number of anilines is 1. The first-order valence-electron chi connectivity index (χ1n) is 11.9. The number of aromatic carboxylic acids is 1. The number of carbonyl (C=O) groups is 3. The fourth-order valence-electron chi connectivity index (χ4n) is 3.52. The third-order valence-corrected chi connectivity index (χ3v) is 6.42. The van der Waals surface area contributed by atoms with E-state index in [9.17, 15) is 19.5 Å². The Hall–Kier alpha value is -3.07. The zero-order chi connectivity index (χ0) is 24.9. The maximum absolute atomic E-state index is 13.2. The molecule has 0 radical (unpaired) electrons. The first-order chi connectivity index (χ1) is 16.4. The van der Waals surface area contributed by atoms with Crippen molar-refractivity contribution in [1.29, 1.82) is 0 Å². The number of unbranched alkanes of at least 4 members (excludes halogenated alkanes) is 5. The predicted molar refractivity (Wildman–Crippen MR) is 135 cm³/mol. The van der Waals surface area contributed by atoms with Gasteiger partial charge in [0.2, 0.25) is 0 Å². The maximum Gasteiger partial charge on any atom is 0.339 e. The predicted octanol–water partition coefficient (Wildman–Crippen LogP) is 5.95. The second-order valence-electron chi connectivity index (χ2n) is 7.83. The molecule has 3 amide bonds. The van der Waals surface area contributed by atoms with E-state index in [-0.39, 0.29) is 22.0 Å². The molecule has 0 saturated heterocycles. The second-order valence-corrected chi connectivity index (χ2v) is 8.85. The summed E-state index contributed by atoms with van der Waals surface area (Å²) in [7, 11) is 0. The van der Waals surface area contributed by atoms with Gasteiger partial charge in [0, 0.05) is 6.54 Å². The largest absolute Gasteiger partial charge is 0.478 e. The molecule has 1 aromatic heterocycles. The lowest BCUT2D eigenvalue weighted by molar-refractivity contribution is -0.0290. The van der Waals surface area contributed by atoms with E-state index < -0.39 is 17.9 Å². The van der Waals surface area contributed by atoms with E-state index >= 15 is 0 Å². The number of benzene rings is 1. The molecule has 0 atom stereocenters. The van der Waals surface area contributed by atoms with Gasteiger partial charge >= 0.3 is 12.0 Å². The maximum atomic E-state index is 13.2. The molecule has 8 nitrogen and oxygen atoms in total. The molecule has 186 valence electrons. The highest BCUT2D eigenvalue weighted by Crippen LogP contribution is 2.35. The van der Waals surface area contributed by atoms with Gasteiger partial charge in [0.05, 0.1) is 12.1 Å². The molecule has 0 spiro atoms.